The molecule has 0 bridgehead atoms. The molecule has 0 aliphatic heterocycles. The number of hydrogen-bond donors (Lipinski definition) is 2. The number of hydrogen-bond acceptors (Lipinski definition) is 8. The molecular formula is C19H21N5O6. The van der Waals surface area contributed by atoms with E-state index in [2.05, 4.69) is 27.2 Å². The van der Waals surface area contributed by atoms with Gasteiger partial charge in [-0.25, -0.2) is 14.6 Å². The van der Waals surface area contributed by atoms with Gasteiger partial charge in [0.1, 0.15) is 13.2 Å². The van der Waals surface area contributed by atoms with E-state index in [1.807, 2.05) is 0 Å². The summed E-state index contributed by atoms with van der Waals surface area (Å²) >= 11 is 0. The lowest BCUT2D eigenvalue weighted by atomic mass is 10.2. The van der Waals surface area contributed by atoms with Crippen LogP contribution in [0.4, 0.5) is 16.4 Å². The first-order valence-electron chi connectivity index (χ1n) is 8.84. The van der Waals surface area contributed by atoms with Crippen molar-refractivity contribution in [2.24, 2.45) is 0 Å². The standard InChI is InChI=1S/C19H21N5O6/c1-12(2)17(25)29-9-8-20-19(26)23-18-21-13(3)10-16(22-18)30-11-14-6-4-5-7-15(14)24(27)28/h4-7,10H,1,8-9,11H2,2-3H3,(H2,20,21,22,23,26). The van der Waals surface area contributed by atoms with Crippen LogP contribution in [0.5, 0.6) is 5.88 Å². The molecule has 0 atom stereocenters. The zero-order valence-corrected chi connectivity index (χ0v) is 16.5. The summed E-state index contributed by atoms with van der Waals surface area (Å²) in [7, 11) is 0. The van der Waals surface area contributed by atoms with Gasteiger partial charge in [0.15, 0.2) is 0 Å². The van der Waals surface area contributed by atoms with Gasteiger partial charge in [-0.05, 0) is 19.9 Å². The Balaban J connectivity index is 1.92. The number of ether oxygens (including phenoxy) is 2. The molecule has 11 heteroatoms. The van der Waals surface area contributed by atoms with Gasteiger partial charge in [0.05, 0.1) is 17.0 Å². The molecule has 0 aliphatic rings. The highest BCUT2D eigenvalue weighted by Gasteiger charge is 2.14. The van der Waals surface area contributed by atoms with Crippen molar-refractivity contribution in [2.75, 3.05) is 18.5 Å². The second-order valence-corrected chi connectivity index (χ2v) is 6.14. The first kappa shape index (κ1) is 22.3. The number of amides is 2. The number of urea groups is 1. The molecule has 0 spiro atoms. The number of aromatic nitrogens is 2. The third kappa shape index (κ3) is 6.86. The molecule has 0 saturated heterocycles. The first-order valence-corrected chi connectivity index (χ1v) is 8.84. The van der Waals surface area contributed by atoms with E-state index >= 15 is 0 Å². The summed E-state index contributed by atoms with van der Waals surface area (Å²) in [4.78, 5) is 41.9. The highest BCUT2D eigenvalue weighted by atomic mass is 16.6. The van der Waals surface area contributed by atoms with E-state index in [0.717, 1.165) is 0 Å². The van der Waals surface area contributed by atoms with Gasteiger partial charge in [-0.15, -0.1) is 0 Å². The van der Waals surface area contributed by atoms with Gasteiger partial charge in [0, 0.05) is 23.4 Å². The predicted octanol–water partition coefficient (Wildman–Crippen LogP) is 2.51. The monoisotopic (exact) mass is 415 g/mol. The minimum atomic E-state index is -0.600. The summed E-state index contributed by atoms with van der Waals surface area (Å²) in [5.41, 5.74) is 1.11. The van der Waals surface area contributed by atoms with Crippen molar-refractivity contribution >= 4 is 23.6 Å². The third-order valence-electron chi connectivity index (χ3n) is 3.59. The van der Waals surface area contributed by atoms with Crippen molar-refractivity contribution < 1.29 is 24.0 Å². The fourth-order valence-corrected chi connectivity index (χ4v) is 2.21. The maximum absolute atomic E-state index is 11.9. The zero-order chi connectivity index (χ0) is 22.1. The molecule has 11 nitrogen and oxygen atoms in total. The normalized spacial score (nSPS) is 10.1. The molecule has 0 aliphatic carbocycles. The average Bonchev–Trinajstić information content (AvgIpc) is 2.69. The number of esters is 1. The van der Waals surface area contributed by atoms with Gasteiger partial charge in [-0.1, -0.05) is 18.7 Å². The Morgan fingerprint density at radius 1 is 1.27 bits per heavy atom. The molecule has 1 heterocycles. The van der Waals surface area contributed by atoms with Crippen molar-refractivity contribution in [1.82, 2.24) is 15.3 Å². The van der Waals surface area contributed by atoms with Crippen LogP contribution in [0.1, 0.15) is 18.2 Å². The van der Waals surface area contributed by atoms with Crippen LogP contribution in [0.3, 0.4) is 0 Å². The van der Waals surface area contributed by atoms with Crippen molar-refractivity contribution in [3.8, 4) is 5.88 Å². The molecule has 0 unspecified atom stereocenters. The molecule has 30 heavy (non-hydrogen) atoms. The van der Waals surface area contributed by atoms with E-state index in [-0.39, 0.29) is 42.8 Å². The Kier molecular flexibility index (Phi) is 7.80. The van der Waals surface area contributed by atoms with Gasteiger partial charge in [0.2, 0.25) is 11.8 Å². The number of nitro groups is 1. The van der Waals surface area contributed by atoms with Gasteiger partial charge in [-0.2, -0.15) is 4.98 Å². The molecule has 2 N–H and O–H groups in total. The van der Waals surface area contributed by atoms with Crippen LogP contribution in [0.25, 0.3) is 0 Å². The minimum absolute atomic E-state index is 0.0102. The van der Waals surface area contributed by atoms with Crippen molar-refractivity contribution in [2.45, 2.75) is 20.5 Å². The Morgan fingerprint density at radius 3 is 2.70 bits per heavy atom. The van der Waals surface area contributed by atoms with Crippen LogP contribution in [-0.4, -0.2) is 40.0 Å². The average molecular weight is 415 g/mol. The molecule has 158 valence electrons. The molecule has 2 amide bonds. The van der Waals surface area contributed by atoms with E-state index in [4.69, 9.17) is 9.47 Å². The first-order chi connectivity index (χ1) is 14.3. The van der Waals surface area contributed by atoms with E-state index in [0.29, 0.717) is 11.3 Å². The molecule has 0 radical (unpaired) electrons. The second-order valence-electron chi connectivity index (χ2n) is 6.14. The fourth-order valence-electron chi connectivity index (χ4n) is 2.21. The van der Waals surface area contributed by atoms with Gasteiger partial charge in [0.25, 0.3) is 5.69 Å². The van der Waals surface area contributed by atoms with Gasteiger partial charge < -0.3 is 14.8 Å². The number of aryl methyl sites for hydroxylation is 1. The molecule has 2 rings (SSSR count). The summed E-state index contributed by atoms with van der Waals surface area (Å²) < 4.78 is 10.4. The summed E-state index contributed by atoms with van der Waals surface area (Å²) in [5, 5.41) is 16.0. The number of nitrogens with zero attached hydrogens (tertiary/aromatic N) is 3. The number of para-hydroxylation sites is 1. The topological polar surface area (TPSA) is 146 Å². The molecule has 0 fully saturated rings. The maximum atomic E-state index is 11.9. The number of nitro benzene ring substituents is 1. The lowest BCUT2D eigenvalue weighted by molar-refractivity contribution is -0.385. The number of carbonyl (C=O) groups is 2. The van der Waals surface area contributed by atoms with E-state index in [1.165, 1.54) is 19.1 Å². The Morgan fingerprint density at radius 2 is 2.00 bits per heavy atom. The highest BCUT2D eigenvalue weighted by molar-refractivity contribution is 5.88. The van der Waals surface area contributed by atoms with Crippen LogP contribution >= 0.6 is 0 Å². The van der Waals surface area contributed by atoms with Crippen LogP contribution in [0.15, 0.2) is 42.5 Å². The van der Waals surface area contributed by atoms with E-state index < -0.39 is 16.9 Å². The quantitative estimate of drug-likeness (QED) is 0.209. The summed E-state index contributed by atoms with van der Waals surface area (Å²) in [6.45, 7) is 6.64. The SMILES string of the molecule is C=C(C)C(=O)OCCNC(=O)Nc1nc(C)cc(OCc2ccccc2[N+](=O)[O-])n1. The second kappa shape index (κ2) is 10.5. The van der Waals surface area contributed by atoms with Crippen molar-refractivity contribution in [3.63, 3.8) is 0 Å². The number of rotatable bonds is 9. The molecule has 2 aromatic rings. The number of nitrogens with one attached hydrogen (secondary N) is 2. The zero-order valence-electron chi connectivity index (χ0n) is 16.5. The van der Waals surface area contributed by atoms with Crippen LogP contribution in [0, 0.1) is 17.0 Å². The molecule has 1 aromatic carbocycles. The number of benzene rings is 1. The molecule has 1 aromatic heterocycles. The van der Waals surface area contributed by atoms with E-state index in [9.17, 15) is 19.7 Å². The Labute approximate surface area is 172 Å². The van der Waals surface area contributed by atoms with Crippen LogP contribution in [-0.2, 0) is 16.1 Å². The van der Waals surface area contributed by atoms with Crippen molar-refractivity contribution in [1.29, 1.82) is 0 Å². The molecule has 0 saturated carbocycles. The third-order valence-corrected chi connectivity index (χ3v) is 3.59. The minimum Gasteiger partial charge on any atom is -0.472 e. The van der Waals surface area contributed by atoms with E-state index in [1.54, 1.807) is 25.1 Å². The summed E-state index contributed by atoms with van der Waals surface area (Å²) in [6.07, 6.45) is 0. The smallest absolute Gasteiger partial charge is 0.333 e. The van der Waals surface area contributed by atoms with Crippen LogP contribution in [0.2, 0.25) is 0 Å². The van der Waals surface area contributed by atoms with Crippen LogP contribution < -0.4 is 15.4 Å². The number of anilines is 1. The van der Waals surface area contributed by atoms with Gasteiger partial charge in [-0.3, -0.25) is 15.4 Å². The Hall–Kier alpha value is -4.02. The molecular weight excluding hydrogens is 394 g/mol. The van der Waals surface area contributed by atoms with Gasteiger partial charge >= 0.3 is 12.0 Å². The summed E-state index contributed by atoms with van der Waals surface area (Å²) in [5.74, 6) is -0.407. The summed E-state index contributed by atoms with van der Waals surface area (Å²) in [6, 6.07) is 7.14. The Bertz CT molecular complexity index is 962. The largest absolute Gasteiger partial charge is 0.472 e. The highest BCUT2D eigenvalue weighted by Crippen LogP contribution is 2.20. The van der Waals surface area contributed by atoms with Crippen molar-refractivity contribution in [3.05, 3.63) is 63.9 Å². The lowest BCUT2D eigenvalue weighted by Crippen LogP contribution is -2.32. The number of carbonyl (C=O) groups excluding carboxylic acids is 2. The fraction of sp³-hybridized carbons (Fsp3) is 0.263. The predicted molar refractivity (Wildman–Crippen MR) is 107 cm³/mol. The maximum Gasteiger partial charge on any atom is 0.333 e. The lowest BCUT2D eigenvalue weighted by Gasteiger charge is -2.10.